The zero-order valence-corrected chi connectivity index (χ0v) is 18.2. The first-order valence-electron chi connectivity index (χ1n) is 10.4. The Morgan fingerprint density at radius 2 is 1.19 bits per heavy atom. The standard InChI is InChI=1S/C28H17NS2/c1-2-10-20(11-3-1)29-23-13-7-6-12-21(23)22-14-15-24-28(27(22)29)31-26-17-19-9-5-4-8-18(19)16-25(26)30-24/h1-17H. The molecule has 0 bridgehead atoms. The molecule has 6 aromatic rings. The molecule has 31 heavy (non-hydrogen) atoms. The molecular formula is C28H17NS2. The van der Waals surface area contributed by atoms with Crippen molar-refractivity contribution in [1.82, 2.24) is 4.57 Å². The van der Waals surface area contributed by atoms with Gasteiger partial charge in [0.15, 0.2) is 0 Å². The van der Waals surface area contributed by atoms with Crippen molar-refractivity contribution in [3.8, 4) is 5.69 Å². The van der Waals surface area contributed by atoms with E-state index in [2.05, 4.69) is 108 Å². The molecule has 0 spiro atoms. The van der Waals surface area contributed by atoms with Crippen molar-refractivity contribution >= 4 is 56.1 Å². The first-order valence-corrected chi connectivity index (χ1v) is 12.0. The van der Waals surface area contributed by atoms with E-state index in [1.165, 1.54) is 57.8 Å². The zero-order valence-electron chi connectivity index (χ0n) is 16.6. The molecule has 0 amide bonds. The number of hydrogen-bond donors (Lipinski definition) is 0. The maximum atomic E-state index is 2.43. The minimum absolute atomic E-state index is 1.21. The van der Waals surface area contributed by atoms with Crippen LogP contribution in [0.1, 0.15) is 0 Å². The van der Waals surface area contributed by atoms with E-state index in [9.17, 15) is 0 Å². The molecule has 146 valence electrons. The van der Waals surface area contributed by atoms with Crippen molar-refractivity contribution in [2.45, 2.75) is 19.6 Å². The molecule has 5 aromatic carbocycles. The van der Waals surface area contributed by atoms with Gasteiger partial charge in [0.05, 0.1) is 15.9 Å². The summed E-state index contributed by atoms with van der Waals surface area (Å²) in [6.07, 6.45) is 0. The van der Waals surface area contributed by atoms with Crippen LogP contribution in [0.15, 0.2) is 123 Å². The summed E-state index contributed by atoms with van der Waals surface area (Å²) in [7, 11) is 0. The Bertz CT molecular complexity index is 1630. The van der Waals surface area contributed by atoms with Crippen LogP contribution in [0.4, 0.5) is 0 Å². The van der Waals surface area contributed by atoms with E-state index >= 15 is 0 Å². The van der Waals surface area contributed by atoms with Gasteiger partial charge in [-0.25, -0.2) is 0 Å². The van der Waals surface area contributed by atoms with E-state index in [0.717, 1.165) is 0 Å². The lowest BCUT2D eigenvalue weighted by Gasteiger charge is -2.21. The summed E-state index contributed by atoms with van der Waals surface area (Å²) >= 11 is 3.80. The third-order valence-corrected chi connectivity index (χ3v) is 8.56. The molecule has 1 aliphatic rings. The van der Waals surface area contributed by atoms with Crippen molar-refractivity contribution in [2.24, 2.45) is 0 Å². The quantitative estimate of drug-likeness (QED) is 0.256. The number of aromatic nitrogens is 1. The molecule has 1 aromatic heterocycles. The van der Waals surface area contributed by atoms with Crippen LogP contribution in [0.5, 0.6) is 0 Å². The Balaban J connectivity index is 1.55. The van der Waals surface area contributed by atoms with E-state index in [4.69, 9.17) is 0 Å². The summed E-state index contributed by atoms with van der Waals surface area (Å²) in [5.41, 5.74) is 3.77. The Labute approximate surface area is 188 Å². The molecule has 0 atom stereocenters. The highest BCUT2D eigenvalue weighted by atomic mass is 32.2. The molecule has 0 saturated heterocycles. The van der Waals surface area contributed by atoms with Crippen molar-refractivity contribution in [1.29, 1.82) is 0 Å². The predicted octanol–water partition coefficient (Wildman–Crippen LogP) is 8.55. The van der Waals surface area contributed by atoms with Crippen molar-refractivity contribution < 1.29 is 0 Å². The highest BCUT2D eigenvalue weighted by Crippen LogP contribution is 2.53. The smallest absolute Gasteiger partial charge is 0.0692 e. The van der Waals surface area contributed by atoms with Gasteiger partial charge < -0.3 is 4.57 Å². The number of para-hydroxylation sites is 2. The summed E-state index contributed by atoms with van der Waals surface area (Å²) < 4.78 is 2.43. The van der Waals surface area contributed by atoms with Gasteiger partial charge in [0.1, 0.15) is 0 Å². The van der Waals surface area contributed by atoms with Crippen LogP contribution >= 0.6 is 23.5 Å². The summed E-state index contributed by atoms with van der Waals surface area (Å²) in [4.78, 5) is 5.37. The zero-order chi connectivity index (χ0) is 20.4. The summed E-state index contributed by atoms with van der Waals surface area (Å²) in [5, 5.41) is 5.22. The SMILES string of the molecule is c1ccc(-n2c3ccccc3c3ccc4c(c32)Sc2cc3ccccc3cc2S4)cc1. The fourth-order valence-electron chi connectivity index (χ4n) is 4.62. The molecule has 7 rings (SSSR count). The number of nitrogens with zero attached hydrogens (tertiary/aromatic N) is 1. The molecule has 0 unspecified atom stereocenters. The molecule has 1 aliphatic heterocycles. The van der Waals surface area contributed by atoms with Crippen LogP contribution < -0.4 is 0 Å². The fourth-order valence-corrected chi connectivity index (χ4v) is 7.06. The monoisotopic (exact) mass is 431 g/mol. The van der Waals surface area contributed by atoms with E-state index in [1.807, 2.05) is 23.5 Å². The van der Waals surface area contributed by atoms with Crippen molar-refractivity contribution in [3.63, 3.8) is 0 Å². The molecule has 0 fully saturated rings. The van der Waals surface area contributed by atoms with Gasteiger partial charge in [-0.1, -0.05) is 90.3 Å². The van der Waals surface area contributed by atoms with Crippen LogP contribution in [0, 0.1) is 0 Å². The highest BCUT2D eigenvalue weighted by molar-refractivity contribution is 8.05. The number of benzene rings is 5. The number of fused-ring (bicyclic) bond motifs is 7. The summed E-state index contributed by atoms with van der Waals surface area (Å²) in [6, 6.07) is 37.4. The first kappa shape index (κ1) is 17.5. The normalized spacial score (nSPS) is 12.9. The van der Waals surface area contributed by atoms with Crippen molar-refractivity contribution in [2.75, 3.05) is 0 Å². The maximum absolute atomic E-state index is 2.43. The molecule has 1 nitrogen and oxygen atoms in total. The van der Waals surface area contributed by atoms with Crippen LogP contribution in [0.2, 0.25) is 0 Å². The van der Waals surface area contributed by atoms with Gasteiger partial charge in [0, 0.05) is 31.1 Å². The van der Waals surface area contributed by atoms with Gasteiger partial charge >= 0.3 is 0 Å². The minimum atomic E-state index is 1.21. The Hall–Kier alpha value is -3.14. The van der Waals surface area contributed by atoms with Gasteiger partial charge in [0.25, 0.3) is 0 Å². The molecule has 2 heterocycles. The van der Waals surface area contributed by atoms with Gasteiger partial charge in [0.2, 0.25) is 0 Å². The lowest BCUT2D eigenvalue weighted by Crippen LogP contribution is -1.97. The largest absolute Gasteiger partial charge is 0.308 e. The molecular weight excluding hydrogens is 414 g/mol. The Morgan fingerprint density at radius 1 is 0.516 bits per heavy atom. The second-order valence-electron chi connectivity index (χ2n) is 7.83. The topological polar surface area (TPSA) is 4.93 Å². The minimum Gasteiger partial charge on any atom is -0.308 e. The van der Waals surface area contributed by atoms with Crippen LogP contribution in [0.25, 0.3) is 38.3 Å². The van der Waals surface area contributed by atoms with E-state index in [-0.39, 0.29) is 0 Å². The Kier molecular flexibility index (Phi) is 3.78. The lowest BCUT2D eigenvalue weighted by atomic mass is 10.1. The maximum Gasteiger partial charge on any atom is 0.0692 e. The molecule has 0 saturated carbocycles. The van der Waals surface area contributed by atoms with Crippen LogP contribution in [0.3, 0.4) is 0 Å². The van der Waals surface area contributed by atoms with Gasteiger partial charge in [-0.05, 0) is 47.2 Å². The molecule has 0 aliphatic carbocycles. The molecule has 0 N–H and O–H groups in total. The molecule has 3 heteroatoms. The highest BCUT2D eigenvalue weighted by Gasteiger charge is 2.24. The van der Waals surface area contributed by atoms with Crippen LogP contribution in [-0.4, -0.2) is 4.57 Å². The van der Waals surface area contributed by atoms with E-state index in [1.54, 1.807) is 0 Å². The average Bonchev–Trinajstić information content (AvgIpc) is 3.17. The number of rotatable bonds is 1. The predicted molar refractivity (Wildman–Crippen MR) is 133 cm³/mol. The summed E-state index contributed by atoms with van der Waals surface area (Å²) in [6.45, 7) is 0. The fraction of sp³-hybridized carbons (Fsp3) is 0. The molecule has 0 radical (unpaired) electrons. The van der Waals surface area contributed by atoms with Gasteiger partial charge in [-0.15, -0.1) is 0 Å². The summed E-state index contributed by atoms with van der Waals surface area (Å²) in [5.74, 6) is 0. The average molecular weight is 432 g/mol. The second-order valence-corrected chi connectivity index (χ2v) is 9.96. The van der Waals surface area contributed by atoms with E-state index < -0.39 is 0 Å². The first-order chi connectivity index (χ1) is 15.4. The third kappa shape index (κ3) is 2.60. The van der Waals surface area contributed by atoms with E-state index in [0.29, 0.717) is 0 Å². The van der Waals surface area contributed by atoms with Crippen molar-refractivity contribution in [3.05, 3.63) is 103 Å². The van der Waals surface area contributed by atoms with Crippen LogP contribution in [-0.2, 0) is 0 Å². The second kappa shape index (κ2) is 6.68. The third-order valence-electron chi connectivity index (χ3n) is 6.01. The number of hydrogen-bond acceptors (Lipinski definition) is 2. The van der Waals surface area contributed by atoms with Gasteiger partial charge in [-0.2, -0.15) is 0 Å². The lowest BCUT2D eigenvalue weighted by molar-refractivity contribution is 1.11. The Morgan fingerprint density at radius 3 is 2.00 bits per heavy atom. The van der Waals surface area contributed by atoms with Gasteiger partial charge in [-0.3, -0.25) is 0 Å².